The second-order valence-corrected chi connectivity index (χ2v) is 8.22. The van der Waals surface area contributed by atoms with Crippen molar-refractivity contribution in [1.29, 1.82) is 0 Å². The molecule has 1 aliphatic heterocycles. The summed E-state index contributed by atoms with van der Waals surface area (Å²) in [5.74, 6) is 0.603. The highest BCUT2D eigenvalue weighted by Crippen LogP contribution is 2.31. The fourth-order valence-electron chi connectivity index (χ4n) is 3.24. The van der Waals surface area contributed by atoms with Gasteiger partial charge in [0.25, 0.3) is 0 Å². The number of hydrogen-bond donors (Lipinski definition) is 0. The minimum Gasteiger partial charge on any atom is -0.464 e. The van der Waals surface area contributed by atoms with Crippen molar-refractivity contribution in [2.45, 2.75) is 51.7 Å². The lowest BCUT2D eigenvalue weighted by atomic mass is 10.1. The fourth-order valence-corrected chi connectivity index (χ4v) is 3.24. The van der Waals surface area contributed by atoms with E-state index in [-0.39, 0.29) is 11.8 Å². The molecule has 2 aliphatic rings. The highest BCUT2D eigenvalue weighted by molar-refractivity contribution is 5.86. The van der Waals surface area contributed by atoms with E-state index in [9.17, 15) is 9.59 Å². The third kappa shape index (κ3) is 5.08. The van der Waals surface area contributed by atoms with Crippen LogP contribution in [0.4, 0.5) is 10.6 Å². The lowest BCUT2D eigenvalue weighted by Crippen LogP contribution is -2.41. The Morgan fingerprint density at radius 2 is 1.96 bits per heavy atom. The predicted molar refractivity (Wildman–Crippen MR) is 99.7 cm³/mol. The van der Waals surface area contributed by atoms with Crippen LogP contribution in [0.1, 0.15) is 50.5 Å². The van der Waals surface area contributed by atoms with E-state index in [0.717, 1.165) is 38.2 Å². The van der Waals surface area contributed by atoms with Crippen LogP contribution in [0.3, 0.4) is 0 Å². The molecule has 0 radical (unpaired) electrons. The van der Waals surface area contributed by atoms with Gasteiger partial charge in [-0.05, 0) is 46.0 Å². The van der Waals surface area contributed by atoms with Gasteiger partial charge in [0.2, 0.25) is 0 Å². The Hall–Kier alpha value is -2.38. The van der Waals surface area contributed by atoms with Crippen LogP contribution < -0.4 is 4.90 Å². The van der Waals surface area contributed by atoms with E-state index in [1.54, 1.807) is 6.20 Å². The number of nitrogens with zero attached hydrogens (tertiary/aromatic N) is 4. The van der Waals surface area contributed by atoms with Crippen molar-refractivity contribution in [3.63, 3.8) is 0 Å². The number of carbonyl (C=O) groups is 2. The number of aromatic nitrogens is 2. The summed E-state index contributed by atoms with van der Waals surface area (Å²) < 4.78 is 10.2. The van der Waals surface area contributed by atoms with Crippen LogP contribution in [0.2, 0.25) is 0 Å². The molecule has 148 valence electrons. The van der Waals surface area contributed by atoms with Gasteiger partial charge in [0, 0.05) is 25.7 Å². The van der Waals surface area contributed by atoms with Crippen molar-refractivity contribution in [2.24, 2.45) is 5.92 Å². The number of methoxy groups -OCH3 is 1. The van der Waals surface area contributed by atoms with Crippen LogP contribution in [0, 0.1) is 5.92 Å². The van der Waals surface area contributed by atoms with E-state index in [0.29, 0.717) is 18.5 Å². The van der Waals surface area contributed by atoms with Crippen LogP contribution in [0.25, 0.3) is 0 Å². The largest absolute Gasteiger partial charge is 0.464 e. The van der Waals surface area contributed by atoms with Crippen molar-refractivity contribution in [2.75, 3.05) is 31.6 Å². The summed E-state index contributed by atoms with van der Waals surface area (Å²) in [5.41, 5.74) is -0.287. The molecule has 8 heteroatoms. The Bertz CT molecular complexity index is 682. The molecule has 3 rings (SSSR count). The molecule has 0 unspecified atom stereocenters. The number of amides is 1. The fraction of sp³-hybridized carbons (Fsp3) is 0.684. The molecule has 1 aliphatic carbocycles. The van der Waals surface area contributed by atoms with Crippen LogP contribution in [-0.2, 0) is 9.47 Å². The first kappa shape index (κ1) is 19.4. The molecule has 1 saturated carbocycles. The Morgan fingerprint density at radius 3 is 2.52 bits per heavy atom. The molecule has 0 N–H and O–H groups in total. The summed E-state index contributed by atoms with van der Waals surface area (Å²) >= 11 is 0. The summed E-state index contributed by atoms with van der Waals surface area (Å²) in [6, 6.07) is 0.313. The van der Waals surface area contributed by atoms with Crippen LogP contribution in [0.15, 0.2) is 12.4 Å². The zero-order chi connectivity index (χ0) is 19.6. The van der Waals surface area contributed by atoms with Crippen molar-refractivity contribution in [1.82, 2.24) is 14.9 Å². The predicted octanol–water partition coefficient (Wildman–Crippen LogP) is 2.49. The van der Waals surface area contributed by atoms with Gasteiger partial charge in [0.1, 0.15) is 11.4 Å². The van der Waals surface area contributed by atoms with E-state index in [4.69, 9.17) is 4.74 Å². The zero-order valence-corrected chi connectivity index (χ0v) is 16.5. The first-order chi connectivity index (χ1) is 12.8. The van der Waals surface area contributed by atoms with Gasteiger partial charge in [0.15, 0.2) is 5.69 Å². The molecule has 0 aromatic carbocycles. The summed E-state index contributed by atoms with van der Waals surface area (Å²) in [6.45, 7) is 8.03. The number of anilines is 1. The van der Waals surface area contributed by atoms with E-state index in [2.05, 4.69) is 19.6 Å². The lowest BCUT2D eigenvalue weighted by Gasteiger charge is -2.29. The van der Waals surface area contributed by atoms with Crippen LogP contribution in [-0.4, -0.2) is 65.3 Å². The molecule has 1 aromatic rings. The molecule has 8 nitrogen and oxygen atoms in total. The summed E-state index contributed by atoms with van der Waals surface area (Å²) in [4.78, 5) is 36.5. The molecular weight excluding hydrogens is 348 g/mol. The Labute approximate surface area is 159 Å². The minimum absolute atomic E-state index is 0.196. The van der Waals surface area contributed by atoms with E-state index in [1.807, 2.05) is 25.7 Å². The molecule has 2 fully saturated rings. The van der Waals surface area contributed by atoms with Gasteiger partial charge in [-0.25, -0.2) is 19.6 Å². The van der Waals surface area contributed by atoms with Gasteiger partial charge in [-0.2, -0.15) is 0 Å². The zero-order valence-electron chi connectivity index (χ0n) is 16.5. The number of rotatable bonds is 5. The van der Waals surface area contributed by atoms with E-state index < -0.39 is 11.6 Å². The van der Waals surface area contributed by atoms with Crippen molar-refractivity contribution in [3.05, 3.63) is 18.1 Å². The Morgan fingerprint density at radius 1 is 1.22 bits per heavy atom. The Balaban J connectivity index is 1.58. The highest BCUT2D eigenvalue weighted by Gasteiger charge is 2.38. The second kappa shape index (κ2) is 7.70. The quantitative estimate of drug-likeness (QED) is 0.730. The molecule has 1 atom stereocenters. The van der Waals surface area contributed by atoms with Crippen molar-refractivity contribution in [3.8, 4) is 0 Å². The molecule has 2 heterocycles. The van der Waals surface area contributed by atoms with Gasteiger partial charge in [-0.1, -0.05) is 0 Å². The lowest BCUT2D eigenvalue weighted by molar-refractivity contribution is 0.0208. The second-order valence-electron chi connectivity index (χ2n) is 8.22. The monoisotopic (exact) mass is 376 g/mol. The number of ether oxygens (including phenoxy) is 2. The molecule has 1 aromatic heterocycles. The molecule has 27 heavy (non-hydrogen) atoms. The number of esters is 1. The first-order valence-corrected chi connectivity index (χ1v) is 9.42. The van der Waals surface area contributed by atoms with Gasteiger partial charge in [-0.15, -0.1) is 0 Å². The van der Waals surface area contributed by atoms with Crippen molar-refractivity contribution < 1.29 is 19.1 Å². The average molecular weight is 376 g/mol. The molecule has 0 spiro atoms. The normalized spacial score (nSPS) is 19.7. The maximum absolute atomic E-state index is 12.5. The smallest absolute Gasteiger partial charge is 0.410 e. The maximum atomic E-state index is 12.5. The standard InChI is InChI=1S/C19H28N4O4/c1-19(2,3)27-18(25)23(14-5-6-14)12-13-7-8-22(11-13)16-10-20-15(9-21-16)17(24)26-4/h9-10,13-14H,5-8,11-12H2,1-4H3/t13-/m0/s1. The van der Waals surface area contributed by atoms with Gasteiger partial charge >= 0.3 is 12.1 Å². The SMILES string of the molecule is COC(=O)c1cnc(N2CC[C@H](CN(C(=O)OC(C)(C)C)C3CC3)C2)cn1. The summed E-state index contributed by atoms with van der Waals surface area (Å²) in [5, 5.41) is 0. The average Bonchev–Trinajstić information content (AvgIpc) is 3.35. The third-order valence-corrected chi connectivity index (χ3v) is 4.71. The van der Waals surface area contributed by atoms with Gasteiger partial charge in [0.05, 0.1) is 19.5 Å². The summed E-state index contributed by atoms with van der Waals surface area (Å²) in [7, 11) is 1.32. The molecule has 0 bridgehead atoms. The maximum Gasteiger partial charge on any atom is 0.410 e. The van der Waals surface area contributed by atoms with Crippen molar-refractivity contribution >= 4 is 17.9 Å². The molecule has 1 saturated heterocycles. The molecule has 1 amide bonds. The van der Waals surface area contributed by atoms with Crippen LogP contribution in [0.5, 0.6) is 0 Å². The topological polar surface area (TPSA) is 84.9 Å². The molecular formula is C19H28N4O4. The Kier molecular flexibility index (Phi) is 5.53. The minimum atomic E-state index is -0.495. The third-order valence-electron chi connectivity index (χ3n) is 4.71. The van der Waals surface area contributed by atoms with E-state index in [1.165, 1.54) is 13.3 Å². The van der Waals surface area contributed by atoms with Gasteiger partial charge in [-0.3, -0.25) is 0 Å². The highest BCUT2D eigenvalue weighted by atomic mass is 16.6. The number of carbonyl (C=O) groups excluding carboxylic acids is 2. The van der Waals surface area contributed by atoms with E-state index >= 15 is 0 Å². The number of hydrogen-bond acceptors (Lipinski definition) is 7. The summed E-state index contributed by atoms with van der Waals surface area (Å²) in [6.07, 6.45) is 5.90. The first-order valence-electron chi connectivity index (χ1n) is 9.42. The van der Waals surface area contributed by atoms with Gasteiger partial charge < -0.3 is 19.3 Å². The van der Waals surface area contributed by atoms with Crippen LogP contribution >= 0.6 is 0 Å².